The summed E-state index contributed by atoms with van der Waals surface area (Å²) in [4.78, 5) is 26.0. The van der Waals surface area contributed by atoms with Crippen LogP contribution in [-0.2, 0) is 0 Å². The molecule has 1 aliphatic rings. The van der Waals surface area contributed by atoms with Crippen LogP contribution in [0.3, 0.4) is 0 Å². The lowest BCUT2D eigenvalue weighted by Crippen LogP contribution is -2.36. The fourth-order valence-electron chi connectivity index (χ4n) is 2.28. The second-order valence-electron chi connectivity index (χ2n) is 5.02. The van der Waals surface area contributed by atoms with Gasteiger partial charge in [-0.1, -0.05) is 0 Å². The molecule has 1 aromatic heterocycles. The summed E-state index contributed by atoms with van der Waals surface area (Å²) >= 11 is 0. The number of hydrogen-bond acceptors (Lipinski definition) is 4. The number of nitrogens with zero attached hydrogens (tertiary/aromatic N) is 2. The van der Waals surface area contributed by atoms with Crippen molar-refractivity contribution in [1.82, 2.24) is 4.90 Å². The molecule has 0 saturated carbocycles. The predicted molar refractivity (Wildman–Crippen MR) is 81.5 cm³/mol. The van der Waals surface area contributed by atoms with Crippen molar-refractivity contribution in [2.75, 3.05) is 20.8 Å². The number of hydrogen-bond donors (Lipinski definition) is 0. The van der Waals surface area contributed by atoms with Crippen molar-refractivity contribution in [2.24, 2.45) is 0 Å². The molecule has 6 heteroatoms. The van der Waals surface area contributed by atoms with Gasteiger partial charge in [-0.05, 0) is 18.2 Å². The molecule has 1 amide bonds. The van der Waals surface area contributed by atoms with Crippen LogP contribution in [0.15, 0.2) is 45.8 Å². The van der Waals surface area contributed by atoms with E-state index in [1.807, 2.05) is 17.8 Å². The SMILES string of the molecule is COc1ccc2cc(C(=O)N3C=CC=[N+](C)C3)c(=O)oc2c1. The minimum absolute atomic E-state index is 0.0117. The molecule has 0 unspecified atom stereocenters. The van der Waals surface area contributed by atoms with Crippen LogP contribution in [0.2, 0.25) is 0 Å². The van der Waals surface area contributed by atoms with Crippen LogP contribution in [0.25, 0.3) is 11.0 Å². The molecule has 0 radical (unpaired) electrons. The first-order valence-corrected chi connectivity index (χ1v) is 6.73. The molecule has 0 aliphatic carbocycles. The topological polar surface area (TPSA) is 62.8 Å². The summed E-state index contributed by atoms with van der Waals surface area (Å²) in [5, 5.41) is 0.671. The Hall–Kier alpha value is -2.89. The molecule has 0 bridgehead atoms. The van der Waals surface area contributed by atoms with Crippen molar-refractivity contribution >= 4 is 23.1 Å². The van der Waals surface area contributed by atoms with E-state index in [2.05, 4.69) is 0 Å². The molecular weight excluding hydrogens is 284 g/mol. The second-order valence-corrected chi connectivity index (χ2v) is 5.02. The van der Waals surface area contributed by atoms with E-state index in [0.717, 1.165) is 0 Å². The molecule has 6 nitrogen and oxygen atoms in total. The highest BCUT2D eigenvalue weighted by atomic mass is 16.5. The first kappa shape index (κ1) is 14.1. The highest BCUT2D eigenvalue weighted by Crippen LogP contribution is 2.20. The summed E-state index contributed by atoms with van der Waals surface area (Å²) in [6, 6.07) is 6.67. The zero-order valence-corrected chi connectivity index (χ0v) is 12.3. The Kier molecular flexibility index (Phi) is 3.50. The van der Waals surface area contributed by atoms with Crippen LogP contribution < -0.4 is 10.4 Å². The quantitative estimate of drug-likeness (QED) is 0.622. The lowest BCUT2D eigenvalue weighted by atomic mass is 10.1. The summed E-state index contributed by atoms with van der Waals surface area (Å²) < 4.78 is 12.2. The maximum Gasteiger partial charge on any atom is 0.349 e. The minimum Gasteiger partial charge on any atom is -0.497 e. The van der Waals surface area contributed by atoms with Crippen LogP contribution >= 0.6 is 0 Å². The summed E-state index contributed by atoms with van der Waals surface area (Å²) in [6.45, 7) is 0.384. The monoisotopic (exact) mass is 299 g/mol. The Balaban J connectivity index is 2.02. The minimum atomic E-state index is -0.656. The number of fused-ring (bicyclic) bond motifs is 1. The molecule has 0 atom stereocenters. The zero-order valence-electron chi connectivity index (χ0n) is 12.3. The Bertz CT molecular complexity index is 864. The average molecular weight is 299 g/mol. The fraction of sp³-hybridized carbons (Fsp3) is 0.188. The van der Waals surface area contributed by atoms with E-state index in [0.29, 0.717) is 23.4 Å². The molecule has 2 aromatic rings. The third-order valence-corrected chi connectivity index (χ3v) is 3.42. The van der Waals surface area contributed by atoms with E-state index >= 15 is 0 Å². The second kappa shape index (κ2) is 5.48. The van der Waals surface area contributed by atoms with Gasteiger partial charge in [0.15, 0.2) is 6.21 Å². The molecule has 3 rings (SSSR count). The Morgan fingerprint density at radius 1 is 1.36 bits per heavy atom. The molecule has 112 valence electrons. The Labute approximate surface area is 126 Å². The number of allylic oxidation sites excluding steroid dienone is 1. The Morgan fingerprint density at radius 3 is 2.91 bits per heavy atom. The summed E-state index contributed by atoms with van der Waals surface area (Å²) in [5.41, 5.74) is -0.255. The van der Waals surface area contributed by atoms with Crippen LogP contribution in [0.5, 0.6) is 5.75 Å². The van der Waals surface area contributed by atoms with Crippen molar-refractivity contribution in [3.05, 3.63) is 52.5 Å². The predicted octanol–water partition coefficient (Wildman–Crippen LogP) is 1.44. The van der Waals surface area contributed by atoms with Crippen molar-refractivity contribution < 1.29 is 18.5 Å². The molecular formula is C16H15N2O4+. The normalized spacial score (nSPS) is 14.1. The highest BCUT2D eigenvalue weighted by Gasteiger charge is 2.22. The molecule has 0 saturated heterocycles. The zero-order chi connectivity index (χ0) is 15.7. The van der Waals surface area contributed by atoms with Crippen molar-refractivity contribution in [2.45, 2.75) is 0 Å². The third-order valence-electron chi connectivity index (χ3n) is 3.42. The molecule has 1 aliphatic heterocycles. The van der Waals surface area contributed by atoms with E-state index < -0.39 is 5.63 Å². The van der Waals surface area contributed by atoms with Crippen LogP contribution in [-0.4, -0.2) is 42.4 Å². The van der Waals surface area contributed by atoms with E-state index in [1.165, 1.54) is 12.0 Å². The first-order valence-electron chi connectivity index (χ1n) is 6.73. The summed E-state index contributed by atoms with van der Waals surface area (Å²) in [6.07, 6.45) is 5.23. The maximum absolute atomic E-state index is 12.5. The molecule has 22 heavy (non-hydrogen) atoms. The number of rotatable bonds is 2. The number of carbonyl (C=O) groups is 1. The van der Waals surface area contributed by atoms with E-state index in [4.69, 9.17) is 9.15 Å². The van der Waals surface area contributed by atoms with Crippen molar-refractivity contribution in [1.29, 1.82) is 0 Å². The van der Waals surface area contributed by atoms with Crippen LogP contribution in [0.1, 0.15) is 10.4 Å². The van der Waals surface area contributed by atoms with Gasteiger partial charge in [0.25, 0.3) is 5.91 Å². The summed E-state index contributed by atoms with van der Waals surface area (Å²) in [7, 11) is 3.38. The van der Waals surface area contributed by atoms with Gasteiger partial charge in [0.1, 0.15) is 23.9 Å². The van der Waals surface area contributed by atoms with Gasteiger partial charge >= 0.3 is 5.63 Å². The number of ether oxygens (including phenoxy) is 1. The van der Waals surface area contributed by atoms with Gasteiger partial charge in [-0.15, -0.1) is 0 Å². The average Bonchev–Trinajstić information content (AvgIpc) is 2.53. The van der Waals surface area contributed by atoms with Gasteiger partial charge in [0, 0.05) is 23.7 Å². The maximum atomic E-state index is 12.5. The number of benzene rings is 1. The standard InChI is InChI=1S/C16H15N2O4/c1-17-6-3-7-18(10-17)15(19)13-8-11-4-5-12(21-2)9-14(11)22-16(13)20/h3-9H,10H2,1-2H3/q+1. The van der Waals surface area contributed by atoms with E-state index in [1.54, 1.807) is 36.5 Å². The van der Waals surface area contributed by atoms with Crippen LogP contribution in [0, 0.1) is 0 Å². The van der Waals surface area contributed by atoms with E-state index in [9.17, 15) is 9.59 Å². The highest BCUT2D eigenvalue weighted by molar-refractivity contribution is 5.97. The molecule has 0 N–H and O–H groups in total. The van der Waals surface area contributed by atoms with Crippen molar-refractivity contribution in [3.8, 4) is 5.75 Å². The van der Waals surface area contributed by atoms with Gasteiger partial charge < -0.3 is 9.15 Å². The third kappa shape index (κ3) is 2.50. The lowest BCUT2D eigenvalue weighted by Gasteiger charge is -2.17. The van der Waals surface area contributed by atoms with E-state index in [-0.39, 0.29) is 11.5 Å². The lowest BCUT2D eigenvalue weighted by molar-refractivity contribution is -0.509. The number of carbonyl (C=O) groups excluding carboxylic acids is 1. The van der Waals surface area contributed by atoms with Gasteiger partial charge in [0.05, 0.1) is 7.11 Å². The van der Waals surface area contributed by atoms with Gasteiger partial charge in [-0.2, -0.15) is 0 Å². The smallest absolute Gasteiger partial charge is 0.349 e. The van der Waals surface area contributed by atoms with Gasteiger partial charge in [0.2, 0.25) is 6.67 Å². The van der Waals surface area contributed by atoms with Crippen molar-refractivity contribution in [3.63, 3.8) is 0 Å². The molecule has 2 heterocycles. The summed E-state index contributed by atoms with van der Waals surface area (Å²) in [5.74, 6) is 0.202. The van der Waals surface area contributed by atoms with Gasteiger partial charge in [-0.25, -0.2) is 9.37 Å². The first-order chi connectivity index (χ1) is 10.6. The van der Waals surface area contributed by atoms with Crippen LogP contribution in [0.4, 0.5) is 0 Å². The number of amides is 1. The molecule has 0 spiro atoms. The number of methoxy groups -OCH3 is 1. The molecule has 1 aromatic carbocycles. The Morgan fingerprint density at radius 2 is 2.18 bits per heavy atom. The van der Waals surface area contributed by atoms with Gasteiger partial charge in [-0.3, -0.25) is 9.69 Å². The largest absolute Gasteiger partial charge is 0.497 e. The fourth-order valence-corrected chi connectivity index (χ4v) is 2.28. The molecule has 0 fully saturated rings.